The van der Waals surface area contributed by atoms with Crippen LogP contribution >= 0.6 is 11.8 Å². The van der Waals surface area contributed by atoms with Gasteiger partial charge < -0.3 is 4.90 Å². The first kappa shape index (κ1) is 12.5. The smallest absolute Gasteiger partial charge is 0.286 e. The second-order valence-corrected chi connectivity index (χ2v) is 5.95. The van der Waals surface area contributed by atoms with E-state index in [0.29, 0.717) is 0 Å². The van der Waals surface area contributed by atoms with E-state index in [2.05, 4.69) is 24.3 Å². The lowest BCUT2D eigenvalue weighted by atomic mass is 10.1. The second kappa shape index (κ2) is 5.66. The monoisotopic (exact) mass is 271 g/mol. The molecule has 1 heterocycles. The minimum absolute atomic E-state index is 0.190. The molecule has 1 amide bonds. The Kier molecular flexibility index (Phi) is 3.74. The highest BCUT2D eigenvalue weighted by atomic mass is 32.2. The van der Waals surface area contributed by atoms with Gasteiger partial charge in [0.05, 0.1) is 0 Å². The van der Waals surface area contributed by atoms with Gasteiger partial charge in [-0.1, -0.05) is 30.3 Å². The van der Waals surface area contributed by atoms with Crippen LogP contribution in [-0.4, -0.2) is 23.2 Å². The molecule has 2 nitrogen and oxygen atoms in total. The number of amides is 1. The van der Waals surface area contributed by atoms with Gasteiger partial charge in [-0.2, -0.15) is 0 Å². The number of carbonyl (C=O) groups is 1. The summed E-state index contributed by atoms with van der Waals surface area (Å²) in [4.78, 5) is 15.2. The summed E-state index contributed by atoms with van der Waals surface area (Å²) in [5.74, 6) is 0. The molecule has 0 N–H and O–H groups in total. The van der Waals surface area contributed by atoms with Gasteiger partial charge in [0.15, 0.2) is 0 Å². The number of thioether (sulfide) groups is 1. The number of piperidine rings is 1. The van der Waals surface area contributed by atoms with Gasteiger partial charge in [0.2, 0.25) is 0 Å². The molecule has 0 radical (unpaired) electrons. The number of hydrogen-bond acceptors (Lipinski definition) is 2. The van der Waals surface area contributed by atoms with Crippen molar-refractivity contribution in [3.63, 3.8) is 0 Å². The lowest BCUT2D eigenvalue weighted by Crippen LogP contribution is -2.32. The molecule has 1 aliphatic heterocycles. The van der Waals surface area contributed by atoms with Gasteiger partial charge in [0.1, 0.15) is 0 Å². The Morgan fingerprint density at radius 3 is 2.47 bits per heavy atom. The van der Waals surface area contributed by atoms with Crippen LogP contribution in [0.15, 0.2) is 47.4 Å². The summed E-state index contributed by atoms with van der Waals surface area (Å²) in [6.07, 6.45) is 3.54. The number of fused-ring (bicyclic) bond motifs is 1. The minimum atomic E-state index is 0.190. The van der Waals surface area contributed by atoms with Crippen LogP contribution < -0.4 is 0 Å². The maximum Gasteiger partial charge on any atom is 0.286 e. The molecule has 19 heavy (non-hydrogen) atoms. The Balaban J connectivity index is 1.75. The molecule has 98 valence electrons. The molecule has 0 saturated carbocycles. The third-order valence-electron chi connectivity index (χ3n) is 3.54. The molecule has 2 aromatic carbocycles. The van der Waals surface area contributed by atoms with Gasteiger partial charge in [-0.25, -0.2) is 0 Å². The zero-order chi connectivity index (χ0) is 13.1. The SMILES string of the molecule is O=C(Sc1ccc2ccccc2c1)N1CCCCC1. The first-order chi connectivity index (χ1) is 9.33. The summed E-state index contributed by atoms with van der Waals surface area (Å²) in [7, 11) is 0. The van der Waals surface area contributed by atoms with Gasteiger partial charge in [-0.15, -0.1) is 0 Å². The number of hydrogen-bond donors (Lipinski definition) is 0. The number of nitrogens with zero attached hydrogens (tertiary/aromatic N) is 1. The summed E-state index contributed by atoms with van der Waals surface area (Å²) in [6, 6.07) is 14.5. The van der Waals surface area contributed by atoms with E-state index in [1.54, 1.807) is 0 Å². The lowest BCUT2D eigenvalue weighted by molar-refractivity contribution is 0.211. The number of rotatable bonds is 1. The van der Waals surface area contributed by atoms with Crippen LogP contribution in [0.25, 0.3) is 10.8 Å². The molecule has 2 aromatic rings. The van der Waals surface area contributed by atoms with Crippen molar-refractivity contribution in [3.05, 3.63) is 42.5 Å². The largest absolute Gasteiger partial charge is 0.333 e. The normalized spacial score (nSPS) is 15.7. The fraction of sp³-hybridized carbons (Fsp3) is 0.312. The molecule has 3 rings (SSSR count). The minimum Gasteiger partial charge on any atom is -0.333 e. The van der Waals surface area contributed by atoms with E-state index in [9.17, 15) is 4.79 Å². The van der Waals surface area contributed by atoms with Crippen molar-refractivity contribution in [2.24, 2.45) is 0 Å². The van der Waals surface area contributed by atoms with E-state index < -0.39 is 0 Å². The standard InChI is InChI=1S/C16H17NOS/c18-16(17-10-4-1-5-11-17)19-15-9-8-13-6-2-3-7-14(13)12-15/h2-3,6-9,12H,1,4-5,10-11H2. The van der Waals surface area contributed by atoms with Crippen LogP contribution in [0.1, 0.15) is 19.3 Å². The molecule has 0 unspecified atom stereocenters. The van der Waals surface area contributed by atoms with Crippen molar-refractivity contribution < 1.29 is 4.79 Å². The Bertz CT molecular complexity index is 590. The van der Waals surface area contributed by atoms with E-state index in [0.717, 1.165) is 30.8 Å². The van der Waals surface area contributed by atoms with E-state index in [1.165, 1.54) is 29.0 Å². The van der Waals surface area contributed by atoms with Gasteiger partial charge in [-0.05, 0) is 53.9 Å². The summed E-state index contributed by atoms with van der Waals surface area (Å²) in [5.41, 5.74) is 0. The van der Waals surface area contributed by atoms with Gasteiger partial charge in [0, 0.05) is 18.0 Å². The fourth-order valence-electron chi connectivity index (χ4n) is 2.47. The fourth-order valence-corrected chi connectivity index (χ4v) is 3.31. The van der Waals surface area contributed by atoms with E-state index in [-0.39, 0.29) is 5.24 Å². The topological polar surface area (TPSA) is 20.3 Å². The third-order valence-corrected chi connectivity index (χ3v) is 4.46. The molecule has 0 bridgehead atoms. The molecule has 0 spiro atoms. The Labute approximate surface area is 117 Å². The summed E-state index contributed by atoms with van der Waals surface area (Å²) in [5, 5.41) is 2.60. The summed E-state index contributed by atoms with van der Waals surface area (Å²) < 4.78 is 0. The number of likely N-dealkylation sites (tertiary alicyclic amines) is 1. The Hall–Kier alpha value is -1.48. The molecule has 0 atom stereocenters. The summed E-state index contributed by atoms with van der Waals surface area (Å²) in [6.45, 7) is 1.83. The predicted molar refractivity (Wildman–Crippen MR) is 80.6 cm³/mol. The molecule has 1 aliphatic rings. The highest BCUT2D eigenvalue weighted by Gasteiger charge is 2.17. The number of benzene rings is 2. The van der Waals surface area contributed by atoms with Crippen molar-refractivity contribution >= 4 is 27.8 Å². The van der Waals surface area contributed by atoms with Crippen molar-refractivity contribution in [3.8, 4) is 0 Å². The average Bonchev–Trinajstić information content (AvgIpc) is 2.48. The first-order valence-electron chi connectivity index (χ1n) is 6.78. The molecule has 1 saturated heterocycles. The average molecular weight is 271 g/mol. The number of carbonyl (C=O) groups excluding carboxylic acids is 1. The molecular weight excluding hydrogens is 254 g/mol. The van der Waals surface area contributed by atoms with Crippen molar-refractivity contribution in [1.29, 1.82) is 0 Å². The van der Waals surface area contributed by atoms with Crippen LogP contribution in [0.4, 0.5) is 4.79 Å². The maximum absolute atomic E-state index is 12.2. The third kappa shape index (κ3) is 2.92. The van der Waals surface area contributed by atoms with E-state index in [1.807, 2.05) is 23.1 Å². The lowest BCUT2D eigenvalue weighted by Gasteiger charge is -2.26. The van der Waals surface area contributed by atoms with Crippen LogP contribution in [0.5, 0.6) is 0 Å². The zero-order valence-corrected chi connectivity index (χ0v) is 11.7. The van der Waals surface area contributed by atoms with Gasteiger partial charge >= 0.3 is 0 Å². The van der Waals surface area contributed by atoms with Crippen LogP contribution in [0, 0.1) is 0 Å². The molecule has 3 heteroatoms. The quantitative estimate of drug-likeness (QED) is 0.710. The second-order valence-electron chi connectivity index (χ2n) is 4.92. The van der Waals surface area contributed by atoms with Gasteiger partial charge in [-0.3, -0.25) is 4.79 Å². The van der Waals surface area contributed by atoms with Crippen LogP contribution in [0.2, 0.25) is 0 Å². The van der Waals surface area contributed by atoms with E-state index >= 15 is 0 Å². The Morgan fingerprint density at radius 2 is 1.68 bits per heavy atom. The molecule has 1 fully saturated rings. The summed E-state index contributed by atoms with van der Waals surface area (Å²) >= 11 is 1.35. The van der Waals surface area contributed by atoms with Gasteiger partial charge in [0.25, 0.3) is 5.24 Å². The van der Waals surface area contributed by atoms with Crippen LogP contribution in [0.3, 0.4) is 0 Å². The molecule has 0 aromatic heterocycles. The maximum atomic E-state index is 12.2. The van der Waals surface area contributed by atoms with Crippen molar-refractivity contribution in [2.75, 3.05) is 13.1 Å². The van der Waals surface area contributed by atoms with Crippen molar-refractivity contribution in [1.82, 2.24) is 4.90 Å². The molecular formula is C16H17NOS. The van der Waals surface area contributed by atoms with E-state index in [4.69, 9.17) is 0 Å². The zero-order valence-electron chi connectivity index (χ0n) is 10.8. The Morgan fingerprint density at radius 1 is 0.947 bits per heavy atom. The van der Waals surface area contributed by atoms with Crippen molar-refractivity contribution in [2.45, 2.75) is 24.2 Å². The first-order valence-corrected chi connectivity index (χ1v) is 7.60. The van der Waals surface area contributed by atoms with Crippen LogP contribution in [-0.2, 0) is 0 Å². The molecule has 0 aliphatic carbocycles. The highest BCUT2D eigenvalue weighted by molar-refractivity contribution is 8.13. The highest BCUT2D eigenvalue weighted by Crippen LogP contribution is 2.26. The predicted octanol–water partition coefficient (Wildman–Crippen LogP) is 4.54.